The average Bonchev–Trinajstić information content (AvgIpc) is 2.10. The molecule has 0 atom stereocenters. The van der Waals surface area contributed by atoms with Gasteiger partial charge in [0.05, 0.1) is 11.4 Å². The van der Waals surface area contributed by atoms with Gasteiger partial charge in [0.15, 0.2) is 11.6 Å². The lowest BCUT2D eigenvalue weighted by molar-refractivity contribution is 0.604. The van der Waals surface area contributed by atoms with Crippen LogP contribution in [0.5, 0.6) is 0 Å². The molecule has 0 fully saturated rings. The topological polar surface area (TPSA) is 51.8 Å². The Kier molecular flexibility index (Phi) is 3.48. The van der Waals surface area contributed by atoms with E-state index in [0.29, 0.717) is 17.3 Å². The monoisotopic (exact) mass is 201 g/mol. The van der Waals surface area contributed by atoms with Crippen LogP contribution in [0.1, 0.15) is 18.4 Å². The van der Waals surface area contributed by atoms with E-state index in [-0.39, 0.29) is 5.82 Å². The predicted octanol–water partition coefficient (Wildman–Crippen LogP) is 1.76. The molecule has 0 saturated heterocycles. The maximum atomic E-state index is 13.0. The number of nitrogen functional groups attached to an aromatic ring is 1. The standard InChI is InChI=1S/C8H12FN3S/c1-3-13-4-6-11-5(2)7(9)8(10)12-6/h3-4H2,1-2H3,(H2,10,11,12). The fourth-order valence-electron chi connectivity index (χ4n) is 0.899. The number of thioether (sulfide) groups is 1. The Morgan fingerprint density at radius 2 is 2.15 bits per heavy atom. The van der Waals surface area contributed by atoms with E-state index in [1.54, 1.807) is 18.7 Å². The average molecular weight is 201 g/mol. The Morgan fingerprint density at radius 3 is 2.69 bits per heavy atom. The summed E-state index contributed by atoms with van der Waals surface area (Å²) in [5.41, 5.74) is 5.68. The Labute approximate surface area is 81.0 Å². The summed E-state index contributed by atoms with van der Waals surface area (Å²) < 4.78 is 13.0. The first-order chi connectivity index (χ1) is 6.15. The Balaban J connectivity index is 2.86. The van der Waals surface area contributed by atoms with E-state index >= 15 is 0 Å². The minimum Gasteiger partial charge on any atom is -0.381 e. The second-order valence-corrected chi connectivity index (χ2v) is 3.84. The third-order valence-electron chi connectivity index (χ3n) is 1.52. The molecule has 3 nitrogen and oxygen atoms in total. The van der Waals surface area contributed by atoms with Crippen molar-refractivity contribution in [3.05, 3.63) is 17.3 Å². The van der Waals surface area contributed by atoms with E-state index in [1.807, 2.05) is 6.92 Å². The molecular formula is C8H12FN3S. The minimum absolute atomic E-state index is 0.0563. The van der Waals surface area contributed by atoms with Crippen LogP contribution in [0.2, 0.25) is 0 Å². The number of hydrogen-bond donors (Lipinski definition) is 1. The molecule has 0 radical (unpaired) electrons. The van der Waals surface area contributed by atoms with Gasteiger partial charge in [0.1, 0.15) is 5.82 Å². The molecule has 0 aliphatic heterocycles. The fourth-order valence-corrected chi connectivity index (χ4v) is 1.41. The summed E-state index contributed by atoms with van der Waals surface area (Å²) in [6.45, 7) is 3.64. The number of nitrogens with two attached hydrogens (primary N) is 1. The summed E-state index contributed by atoms with van der Waals surface area (Å²) in [4.78, 5) is 7.83. The van der Waals surface area contributed by atoms with Gasteiger partial charge in [-0.15, -0.1) is 0 Å². The SMILES string of the molecule is CCSCc1nc(C)c(F)c(N)n1. The zero-order chi connectivity index (χ0) is 9.84. The first-order valence-electron chi connectivity index (χ1n) is 4.01. The largest absolute Gasteiger partial charge is 0.381 e. The maximum Gasteiger partial charge on any atom is 0.186 e. The first kappa shape index (κ1) is 10.2. The smallest absolute Gasteiger partial charge is 0.186 e. The quantitative estimate of drug-likeness (QED) is 0.809. The molecule has 0 aromatic carbocycles. The Morgan fingerprint density at radius 1 is 1.46 bits per heavy atom. The number of anilines is 1. The number of halogens is 1. The van der Waals surface area contributed by atoms with E-state index in [2.05, 4.69) is 9.97 Å². The van der Waals surface area contributed by atoms with Crippen LogP contribution in [0.4, 0.5) is 10.2 Å². The lowest BCUT2D eigenvalue weighted by atomic mass is 10.4. The third-order valence-corrected chi connectivity index (χ3v) is 2.39. The van der Waals surface area contributed by atoms with Crippen molar-refractivity contribution in [2.45, 2.75) is 19.6 Å². The number of aromatic nitrogens is 2. The summed E-state index contributed by atoms with van der Waals surface area (Å²) in [6.07, 6.45) is 0. The first-order valence-corrected chi connectivity index (χ1v) is 5.16. The zero-order valence-electron chi connectivity index (χ0n) is 7.67. The second-order valence-electron chi connectivity index (χ2n) is 2.56. The molecule has 2 N–H and O–H groups in total. The van der Waals surface area contributed by atoms with Crippen LogP contribution in [0, 0.1) is 12.7 Å². The summed E-state index contributed by atoms with van der Waals surface area (Å²) in [5, 5.41) is 0. The summed E-state index contributed by atoms with van der Waals surface area (Å²) in [6, 6.07) is 0. The van der Waals surface area contributed by atoms with Gasteiger partial charge in [-0.2, -0.15) is 11.8 Å². The van der Waals surface area contributed by atoms with E-state index < -0.39 is 5.82 Å². The van der Waals surface area contributed by atoms with Crippen molar-refractivity contribution in [1.82, 2.24) is 9.97 Å². The molecule has 1 aromatic heterocycles. The van der Waals surface area contributed by atoms with Gasteiger partial charge >= 0.3 is 0 Å². The maximum absolute atomic E-state index is 13.0. The van der Waals surface area contributed by atoms with Gasteiger partial charge in [-0.05, 0) is 12.7 Å². The molecule has 0 aliphatic rings. The van der Waals surface area contributed by atoms with Crippen molar-refractivity contribution in [2.75, 3.05) is 11.5 Å². The van der Waals surface area contributed by atoms with Crippen molar-refractivity contribution in [1.29, 1.82) is 0 Å². The zero-order valence-corrected chi connectivity index (χ0v) is 8.49. The second kappa shape index (κ2) is 4.41. The fraction of sp³-hybridized carbons (Fsp3) is 0.500. The minimum atomic E-state index is -0.509. The molecule has 0 unspecified atom stereocenters. The van der Waals surface area contributed by atoms with Gasteiger partial charge in [0.2, 0.25) is 0 Å². The van der Waals surface area contributed by atoms with Crippen LogP contribution < -0.4 is 5.73 Å². The molecule has 0 spiro atoms. The lowest BCUT2D eigenvalue weighted by Gasteiger charge is -2.03. The predicted molar refractivity (Wildman–Crippen MR) is 53.0 cm³/mol. The molecule has 5 heteroatoms. The third kappa shape index (κ3) is 2.55. The molecule has 1 aromatic rings. The van der Waals surface area contributed by atoms with Gasteiger partial charge < -0.3 is 5.73 Å². The highest BCUT2D eigenvalue weighted by Crippen LogP contribution is 2.13. The van der Waals surface area contributed by atoms with Crippen LogP contribution in [0.15, 0.2) is 0 Å². The van der Waals surface area contributed by atoms with Gasteiger partial charge in [-0.25, -0.2) is 14.4 Å². The van der Waals surface area contributed by atoms with E-state index in [4.69, 9.17) is 5.73 Å². The van der Waals surface area contributed by atoms with Crippen molar-refractivity contribution in [3.63, 3.8) is 0 Å². The highest BCUT2D eigenvalue weighted by atomic mass is 32.2. The van der Waals surface area contributed by atoms with Gasteiger partial charge in [-0.1, -0.05) is 6.92 Å². The summed E-state index contributed by atoms with van der Waals surface area (Å²) in [7, 11) is 0. The summed E-state index contributed by atoms with van der Waals surface area (Å²) >= 11 is 1.68. The van der Waals surface area contributed by atoms with Crippen LogP contribution in [-0.4, -0.2) is 15.7 Å². The highest BCUT2D eigenvalue weighted by Gasteiger charge is 2.07. The van der Waals surface area contributed by atoms with Crippen LogP contribution in [-0.2, 0) is 5.75 Å². The Hall–Kier alpha value is -0.840. The van der Waals surface area contributed by atoms with E-state index in [1.165, 1.54) is 0 Å². The van der Waals surface area contributed by atoms with Crippen molar-refractivity contribution < 1.29 is 4.39 Å². The molecule has 0 aliphatic carbocycles. The van der Waals surface area contributed by atoms with Gasteiger partial charge in [-0.3, -0.25) is 0 Å². The van der Waals surface area contributed by atoms with Gasteiger partial charge in [0, 0.05) is 0 Å². The number of rotatable bonds is 3. The highest BCUT2D eigenvalue weighted by molar-refractivity contribution is 7.98. The van der Waals surface area contributed by atoms with Crippen molar-refractivity contribution in [3.8, 4) is 0 Å². The molecule has 1 rings (SSSR count). The van der Waals surface area contributed by atoms with E-state index in [0.717, 1.165) is 5.75 Å². The molecular weight excluding hydrogens is 189 g/mol. The normalized spacial score (nSPS) is 10.4. The Bertz CT molecular complexity index is 280. The van der Waals surface area contributed by atoms with Gasteiger partial charge in [0.25, 0.3) is 0 Å². The van der Waals surface area contributed by atoms with Crippen LogP contribution in [0.25, 0.3) is 0 Å². The van der Waals surface area contributed by atoms with Crippen LogP contribution >= 0.6 is 11.8 Å². The molecule has 72 valence electrons. The number of aryl methyl sites for hydroxylation is 1. The molecule has 0 amide bonds. The van der Waals surface area contributed by atoms with Crippen molar-refractivity contribution in [2.24, 2.45) is 0 Å². The summed E-state index contributed by atoms with van der Waals surface area (Å²) in [5.74, 6) is 1.70. The number of hydrogen-bond acceptors (Lipinski definition) is 4. The lowest BCUT2D eigenvalue weighted by Crippen LogP contribution is -2.04. The van der Waals surface area contributed by atoms with Crippen LogP contribution in [0.3, 0.4) is 0 Å². The van der Waals surface area contributed by atoms with Crippen molar-refractivity contribution >= 4 is 17.6 Å². The number of nitrogens with zero attached hydrogens (tertiary/aromatic N) is 2. The molecule has 1 heterocycles. The molecule has 0 saturated carbocycles. The molecule has 13 heavy (non-hydrogen) atoms. The molecule has 0 bridgehead atoms. The van der Waals surface area contributed by atoms with E-state index in [9.17, 15) is 4.39 Å².